The van der Waals surface area contributed by atoms with Gasteiger partial charge in [0.1, 0.15) is 0 Å². The van der Waals surface area contributed by atoms with Crippen LogP contribution >= 0.6 is 15.9 Å². The first-order valence-corrected chi connectivity index (χ1v) is 8.70. The summed E-state index contributed by atoms with van der Waals surface area (Å²) in [6.45, 7) is 9.33. The predicted molar refractivity (Wildman–Crippen MR) is 90.0 cm³/mol. The average molecular weight is 339 g/mol. The minimum Gasteiger partial charge on any atom is -0.310 e. The summed E-state index contributed by atoms with van der Waals surface area (Å²) in [4.78, 5) is 2.63. The van der Waals surface area contributed by atoms with Gasteiger partial charge in [-0.25, -0.2) is 0 Å². The van der Waals surface area contributed by atoms with E-state index in [9.17, 15) is 0 Å². The first-order valence-electron chi connectivity index (χ1n) is 7.91. The van der Waals surface area contributed by atoms with Gasteiger partial charge in [-0.1, -0.05) is 48.0 Å². The second-order valence-electron chi connectivity index (χ2n) is 5.97. The highest BCUT2D eigenvalue weighted by molar-refractivity contribution is 9.10. The van der Waals surface area contributed by atoms with Crippen LogP contribution < -0.4 is 5.32 Å². The topological polar surface area (TPSA) is 15.3 Å². The van der Waals surface area contributed by atoms with Crippen molar-refractivity contribution in [3.63, 3.8) is 0 Å². The molecule has 0 radical (unpaired) electrons. The SMILES string of the molecule is CCNC(CCN1CCCC(C)C1)c1ccccc1Br. The lowest BCUT2D eigenvalue weighted by Crippen LogP contribution is -2.36. The molecule has 1 aromatic rings. The van der Waals surface area contributed by atoms with E-state index in [4.69, 9.17) is 0 Å². The van der Waals surface area contributed by atoms with Crippen molar-refractivity contribution in [1.29, 1.82) is 0 Å². The van der Waals surface area contributed by atoms with E-state index in [0.29, 0.717) is 6.04 Å². The molecule has 1 N–H and O–H groups in total. The molecule has 2 atom stereocenters. The number of hydrogen-bond donors (Lipinski definition) is 1. The van der Waals surface area contributed by atoms with Crippen LogP contribution in [0.1, 0.15) is 44.7 Å². The van der Waals surface area contributed by atoms with Gasteiger partial charge in [0.15, 0.2) is 0 Å². The molecule has 20 heavy (non-hydrogen) atoms. The summed E-state index contributed by atoms with van der Waals surface area (Å²) in [7, 11) is 0. The Hall–Kier alpha value is -0.380. The van der Waals surface area contributed by atoms with Gasteiger partial charge in [-0.2, -0.15) is 0 Å². The monoisotopic (exact) mass is 338 g/mol. The van der Waals surface area contributed by atoms with Crippen LogP contribution in [0.3, 0.4) is 0 Å². The zero-order valence-corrected chi connectivity index (χ0v) is 14.3. The van der Waals surface area contributed by atoms with Crippen molar-refractivity contribution < 1.29 is 0 Å². The van der Waals surface area contributed by atoms with Gasteiger partial charge >= 0.3 is 0 Å². The number of piperidine rings is 1. The number of benzene rings is 1. The van der Waals surface area contributed by atoms with E-state index < -0.39 is 0 Å². The summed E-state index contributed by atoms with van der Waals surface area (Å²) >= 11 is 3.69. The van der Waals surface area contributed by atoms with Crippen molar-refractivity contribution in [2.45, 2.75) is 39.2 Å². The van der Waals surface area contributed by atoms with E-state index in [1.807, 2.05) is 0 Å². The maximum Gasteiger partial charge on any atom is 0.0343 e. The van der Waals surface area contributed by atoms with E-state index in [1.54, 1.807) is 0 Å². The lowest BCUT2D eigenvalue weighted by Gasteiger charge is -2.32. The third-order valence-electron chi connectivity index (χ3n) is 4.21. The molecule has 3 heteroatoms. The number of hydrogen-bond acceptors (Lipinski definition) is 2. The third-order valence-corrected chi connectivity index (χ3v) is 4.93. The standard InChI is InChI=1S/C17H27BrN2/c1-3-19-17(15-8-4-5-9-16(15)18)10-12-20-11-6-7-14(2)13-20/h4-5,8-9,14,17,19H,3,6-7,10-13H2,1-2H3. The molecular formula is C17H27BrN2. The van der Waals surface area contributed by atoms with E-state index >= 15 is 0 Å². The van der Waals surface area contributed by atoms with Crippen LogP contribution in [0.5, 0.6) is 0 Å². The van der Waals surface area contributed by atoms with Crippen LogP contribution in [0.4, 0.5) is 0 Å². The number of rotatable bonds is 6. The Labute approximate surface area is 132 Å². The van der Waals surface area contributed by atoms with Gasteiger partial charge in [0.25, 0.3) is 0 Å². The molecule has 0 saturated carbocycles. The van der Waals surface area contributed by atoms with Gasteiger partial charge in [-0.05, 0) is 56.4 Å². The molecule has 2 unspecified atom stereocenters. The van der Waals surface area contributed by atoms with Crippen LogP contribution in [-0.2, 0) is 0 Å². The molecule has 1 aromatic carbocycles. The number of nitrogens with zero attached hydrogens (tertiary/aromatic N) is 1. The summed E-state index contributed by atoms with van der Waals surface area (Å²) < 4.78 is 1.22. The second kappa shape index (κ2) is 8.16. The first kappa shape index (κ1) is 16.0. The molecule has 1 fully saturated rings. The van der Waals surface area contributed by atoms with Crippen molar-refractivity contribution in [3.05, 3.63) is 34.3 Å². The molecule has 0 aliphatic carbocycles. The van der Waals surface area contributed by atoms with Crippen LogP contribution in [-0.4, -0.2) is 31.1 Å². The van der Waals surface area contributed by atoms with Gasteiger partial charge in [0, 0.05) is 17.1 Å². The van der Waals surface area contributed by atoms with Crippen LogP contribution in [0.15, 0.2) is 28.7 Å². The molecular weight excluding hydrogens is 312 g/mol. The summed E-state index contributed by atoms with van der Waals surface area (Å²) in [5.41, 5.74) is 1.39. The Balaban J connectivity index is 1.94. The fraction of sp³-hybridized carbons (Fsp3) is 0.647. The van der Waals surface area contributed by atoms with Crippen molar-refractivity contribution in [1.82, 2.24) is 10.2 Å². The molecule has 0 spiro atoms. The van der Waals surface area contributed by atoms with Gasteiger partial charge in [0.2, 0.25) is 0 Å². The average Bonchev–Trinajstić information content (AvgIpc) is 2.44. The van der Waals surface area contributed by atoms with Crippen LogP contribution in [0, 0.1) is 5.92 Å². The van der Waals surface area contributed by atoms with Crippen molar-refractivity contribution in [2.24, 2.45) is 5.92 Å². The Morgan fingerprint density at radius 2 is 2.20 bits per heavy atom. The summed E-state index contributed by atoms with van der Waals surface area (Å²) in [6, 6.07) is 9.04. The smallest absolute Gasteiger partial charge is 0.0343 e. The highest BCUT2D eigenvalue weighted by atomic mass is 79.9. The molecule has 1 saturated heterocycles. The number of halogens is 1. The Bertz CT molecular complexity index is 408. The van der Waals surface area contributed by atoms with Gasteiger partial charge in [-0.3, -0.25) is 0 Å². The lowest BCUT2D eigenvalue weighted by molar-refractivity contribution is 0.176. The molecule has 2 rings (SSSR count). The normalized spacial score (nSPS) is 21.9. The quantitative estimate of drug-likeness (QED) is 0.835. The van der Waals surface area contributed by atoms with Gasteiger partial charge in [-0.15, -0.1) is 0 Å². The fourth-order valence-electron chi connectivity index (χ4n) is 3.17. The summed E-state index contributed by atoms with van der Waals surface area (Å²) in [5, 5.41) is 3.63. The van der Waals surface area contributed by atoms with Crippen LogP contribution in [0.2, 0.25) is 0 Å². The highest BCUT2D eigenvalue weighted by Crippen LogP contribution is 2.26. The predicted octanol–water partition coefficient (Wildman–Crippen LogP) is 4.22. The van der Waals surface area contributed by atoms with Crippen LogP contribution in [0.25, 0.3) is 0 Å². The summed E-state index contributed by atoms with van der Waals surface area (Å²) in [5.74, 6) is 0.866. The number of likely N-dealkylation sites (tertiary alicyclic amines) is 1. The molecule has 0 amide bonds. The Morgan fingerprint density at radius 3 is 2.90 bits per heavy atom. The zero-order chi connectivity index (χ0) is 14.4. The highest BCUT2D eigenvalue weighted by Gasteiger charge is 2.19. The molecule has 0 bridgehead atoms. The van der Waals surface area contributed by atoms with E-state index in [2.05, 4.69) is 64.3 Å². The zero-order valence-electron chi connectivity index (χ0n) is 12.7. The van der Waals surface area contributed by atoms with E-state index in [-0.39, 0.29) is 0 Å². The lowest BCUT2D eigenvalue weighted by atomic mass is 9.98. The maximum absolute atomic E-state index is 3.69. The van der Waals surface area contributed by atoms with Gasteiger partial charge < -0.3 is 10.2 Å². The Kier molecular flexibility index (Phi) is 6.53. The molecule has 1 heterocycles. The van der Waals surface area contributed by atoms with E-state index in [1.165, 1.54) is 48.9 Å². The summed E-state index contributed by atoms with van der Waals surface area (Å²) in [6.07, 6.45) is 3.95. The fourth-order valence-corrected chi connectivity index (χ4v) is 3.73. The molecule has 0 aromatic heterocycles. The molecule has 1 aliphatic rings. The largest absolute Gasteiger partial charge is 0.310 e. The van der Waals surface area contributed by atoms with Crippen molar-refractivity contribution >= 4 is 15.9 Å². The van der Waals surface area contributed by atoms with Gasteiger partial charge in [0.05, 0.1) is 0 Å². The minimum absolute atomic E-state index is 0.452. The van der Waals surface area contributed by atoms with E-state index in [0.717, 1.165) is 12.5 Å². The molecule has 2 nitrogen and oxygen atoms in total. The third kappa shape index (κ3) is 4.57. The maximum atomic E-state index is 3.69. The second-order valence-corrected chi connectivity index (χ2v) is 6.82. The number of nitrogens with one attached hydrogen (secondary N) is 1. The molecule has 1 aliphatic heterocycles. The first-order chi connectivity index (χ1) is 9.70. The Morgan fingerprint density at radius 1 is 1.40 bits per heavy atom. The van der Waals surface area contributed by atoms with Crippen molar-refractivity contribution in [2.75, 3.05) is 26.2 Å². The minimum atomic E-state index is 0.452. The van der Waals surface area contributed by atoms with Crippen molar-refractivity contribution in [3.8, 4) is 0 Å². The molecule has 112 valence electrons.